The predicted octanol–water partition coefficient (Wildman–Crippen LogP) is 2.30. The fraction of sp³-hybridized carbons (Fsp3) is 0.316. The summed E-state index contributed by atoms with van der Waals surface area (Å²) in [6.07, 6.45) is 0.734. The first kappa shape index (κ1) is 19.4. The van der Waals surface area contributed by atoms with E-state index in [1.165, 1.54) is 13.2 Å². The summed E-state index contributed by atoms with van der Waals surface area (Å²) in [5.41, 5.74) is 1.33. The lowest BCUT2D eigenvalue weighted by molar-refractivity contribution is 0.0386. The zero-order chi connectivity index (χ0) is 19.1. The van der Waals surface area contributed by atoms with Gasteiger partial charge in [0.05, 0.1) is 12.2 Å². The fourth-order valence-electron chi connectivity index (χ4n) is 2.44. The Kier molecular flexibility index (Phi) is 6.68. The number of hydrogen-bond donors (Lipinski definition) is 2. The van der Waals surface area contributed by atoms with Crippen molar-refractivity contribution in [1.82, 2.24) is 4.98 Å². The number of anilines is 1. The Bertz CT molecular complexity index is 857. The summed E-state index contributed by atoms with van der Waals surface area (Å²) in [5, 5.41) is 2.73. The lowest BCUT2D eigenvalue weighted by Gasteiger charge is -2.11. The van der Waals surface area contributed by atoms with Crippen molar-refractivity contribution in [3.63, 3.8) is 0 Å². The third-order valence-electron chi connectivity index (χ3n) is 3.87. The van der Waals surface area contributed by atoms with E-state index in [0.29, 0.717) is 11.4 Å². The van der Waals surface area contributed by atoms with Gasteiger partial charge in [0, 0.05) is 18.5 Å². The Labute approximate surface area is 151 Å². The highest BCUT2D eigenvalue weighted by Crippen LogP contribution is 2.16. The van der Waals surface area contributed by atoms with Gasteiger partial charge in [0.15, 0.2) is 0 Å². The van der Waals surface area contributed by atoms with Gasteiger partial charge in [-0.2, -0.15) is 0 Å². The second-order valence-electron chi connectivity index (χ2n) is 5.64. The van der Waals surface area contributed by atoms with E-state index in [9.17, 15) is 14.4 Å². The SMILES string of the molecule is CCc1ccccc1NC(=O)c1cc(C(=O)OCCOC)c(C)[nH]c1=O. The molecule has 1 aromatic carbocycles. The summed E-state index contributed by atoms with van der Waals surface area (Å²) in [6.45, 7) is 3.88. The number of methoxy groups -OCH3 is 1. The number of H-pyrrole nitrogens is 1. The Hall–Kier alpha value is -2.93. The van der Waals surface area contributed by atoms with E-state index < -0.39 is 17.4 Å². The van der Waals surface area contributed by atoms with Crippen molar-refractivity contribution in [2.24, 2.45) is 0 Å². The van der Waals surface area contributed by atoms with E-state index >= 15 is 0 Å². The molecule has 0 aliphatic rings. The van der Waals surface area contributed by atoms with Crippen LogP contribution in [0.15, 0.2) is 35.1 Å². The molecule has 0 saturated heterocycles. The van der Waals surface area contributed by atoms with Crippen molar-refractivity contribution in [2.75, 3.05) is 25.6 Å². The van der Waals surface area contributed by atoms with E-state index in [4.69, 9.17) is 9.47 Å². The van der Waals surface area contributed by atoms with Crippen LogP contribution in [0, 0.1) is 6.92 Å². The number of amides is 1. The maximum Gasteiger partial charge on any atom is 0.340 e. The number of aromatic nitrogens is 1. The number of esters is 1. The van der Waals surface area contributed by atoms with Crippen LogP contribution in [0.25, 0.3) is 0 Å². The molecule has 0 fully saturated rings. The minimum absolute atomic E-state index is 0.0826. The highest BCUT2D eigenvalue weighted by Gasteiger charge is 2.19. The fourth-order valence-corrected chi connectivity index (χ4v) is 2.44. The largest absolute Gasteiger partial charge is 0.460 e. The molecule has 26 heavy (non-hydrogen) atoms. The predicted molar refractivity (Wildman–Crippen MR) is 97.7 cm³/mol. The molecule has 138 valence electrons. The van der Waals surface area contributed by atoms with Gasteiger partial charge < -0.3 is 19.8 Å². The van der Waals surface area contributed by atoms with Gasteiger partial charge in [-0.05, 0) is 31.0 Å². The first-order chi connectivity index (χ1) is 12.5. The first-order valence-electron chi connectivity index (χ1n) is 8.27. The molecule has 1 aromatic heterocycles. The zero-order valence-corrected chi connectivity index (χ0v) is 15.0. The summed E-state index contributed by atoms with van der Waals surface area (Å²) in [7, 11) is 1.50. The molecule has 0 saturated carbocycles. The number of carbonyl (C=O) groups excluding carboxylic acids is 2. The van der Waals surface area contributed by atoms with Crippen LogP contribution < -0.4 is 10.9 Å². The second kappa shape index (κ2) is 8.96. The average Bonchev–Trinajstić information content (AvgIpc) is 2.62. The number of hydrogen-bond acceptors (Lipinski definition) is 5. The first-order valence-corrected chi connectivity index (χ1v) is 8.27. The quantitative estimate of drug-likeness (QED) is 0.585. The monoisotopic (exact) mass is 358 g/mol. The van der Waals surface area contributed by atoms with Gasteiger partial charge in [-0.1, -0.05) is 25.1 Å². The molecule has 7 heteroatoms. The molecule has 0 bridgehead atoms. The third kappa shape index (κ3) is 4.58. The van der Waals surface area contributed by atoms with E-state index in [1.54, 1.807) is 19.1 Å². The molecule has 0 atom stereocenters. The Balaban J connectivity index is 2.28. The number of ether oxygens (including phenoxy) is 2. The topological polar surface area (TPSA) is 97.5 Å². The minimum Gasteiger partial charge on any atom is -0.460 e. The minimum atomic E-state index is -0.626. The van der Waals surface area contributed by atoms with Crippen LogP contribution in [-0.2, 0) is 15.9 Å². The number of aromatic amines is 1. The molecule has 0 aliphatic heterocycles. The van der Waals surface area contributed by atoms with Crippen molar-refractivity contribution in [2.45, 2.75) is 20.3 Å². The Morgan fingerprint density at radius 1 is 1.15 bits per heavy atom. The van der Waals surface area contributed by atoms with E-state index in [1.807, 2.05) is 19.1 Å². The number of rotatable bonds is 7. The van der Waals surface area contributed by atoms with E-state index in [2.05, 4.69) is 10.3 Å². The molecule has 1 amide bonds. The van der Waals surface area contributed by atoms with Crippen molar-refractivity contribution < 1.29 is 19.1 Å². The summed E-state index contributed by atoms with van der Waals surface area (Å²) < 4.78 is 9.89. The molecular weight excluding hydrogens is 336 g/mol. The van der Waals surface area contributed by atoms with Crippen LogP contribution in [-0.4, -0.2) is 37.2 Å². The molecular formula is C19H22N2O5. The number of nitrogens with one attached hydrogen (secondary N) is 2. The van der Waals surface area contributed by atoms with Gasteiger partial charge in [-0.25, -0.2) is 4.79 Å². The van der Waals surface area contributed by atoms with Crippen LogP contribution >= 0.6 is 0 Å². The Morgan fingerprint density at radius 2 is 1.88 bits per heavy atom. The van der Waals surface area contributed by atoms with Crippen LogP contribution in [0.5, 0.6) is 0 Å². The molecule has 0 unspecified atom stereocenters. The maximum atomic E-state index is 12.5. The third-order valence-corrected chi connectivity index (χ3v) is 3.87. The molecule has 0 aliphatic carbocycles. The highest BCUT2D eigenvalue weighted by atomic mass is 16.6. The lowest BCUT2D eigenvalue weighted by Crippen LogP contribution is -2.26. The van der Waals surface area contributed by atoms with Crippen LogP contribution in [0.2, 0.25) is 0 Å². The number of aryl methyl sites for hydroxylation is 2. The summed E-state index contributed by atoms with van der Waals surface area (Å²) in [5.74, 6) is -1.21. The molecule has 2 rings (SSSR count). The van der Waals surface area contributed by atoms with Crippen LogP contribution in [0.1, 0.15) is 38.9 Å². The highest BCUT2D eigenvalue weighted by molar-refractivity contribution is 6.05. The van der Waals surface area contributed by atoms with Crippen LogP contribution in [0.3, 0.4) is 0 Å². The lowest BCUT2D eigenvalue weighted by atomic mass is 10.1. The number of para-hydroxylation sites is 1. The van der Waals surface area contributed by atoms with Crippen molar-refractivity contribution >= 4 is 17.6 Å². The normalized spacial score (nSPS) is 10.4. The molecule has 0 spiro atoms. The summed E-state index contributed by atoms with van der Waals surface area (Å²) in [6, 6.07) is 8.59. The van der Waals surface area contributed by atoms with Gasteiger partial charge in [0.2, 0.25) is 0 Å². The van der Waals surface area contributed by atoms with Gasteiger partial charge in [0.25, 0.3) is 11.5 Å². The number of benzene rings is 1. The van der Waals surface area contributed by atoms with Gasteiger partial charge in [-0.15, -0.1) is 0 Å². The van der Waals surface area contributed by atoms with Crippen LogP contribution in [0.4, 0.5) is 5.69 Å². The molecule has 1 heterocycles. The van der Waals surface area contributed by atoms with Gasteiger partial charge >= 0.3 is 5.97 Å². The molecule has 2 aromatic rings. The van der Waals surface area contributed by atoms with Crippen molar-refractivity contribution in [3.05, 3.63) is 63.1 Å². The van der Waals surface area contributed by atoms with Gasteiger partial charge in [-0.3, -0.25) is 9.59 Å². The van der Waals surface area contributed by atoms with E-state index in [0.717, 1.165) is 12.0 Å². The van der Waals surface area contributed by atoms with Crippen molar-refractivity contribution in [3.8, 4) is 0 Å². The number of carbonyl (C=O) groups is 2. The molecule has 2 N–H and O–H groups in total. The summed E-state index contributed by atoms with van der Waals surface area (Å²) >= 11 is 0. The average molecular weight is 358 g/mol. The number of pyridine rings is 1. The molecule has 0 radical (unpaired) electrons. The van der Waals surface area contributed by atoms with Crippen molar-refractivity contribution in [1.29, 1.82) is 0 Å². The summed E-state index contributed by atoms with van der Waals surface area (Å²) in [4.78, 5) is 39.4. The smallest absolute Gasteiger partial charge is 0.340 e. The maximum absolute atomic E-state index is 12.5. The van der Waals surface area contributed by atoms with E-state index in [-0.39, 0.29) is 24.3 Å². The second-order valence-corrected chi connectivity index (χ2v) is 5.64. The van der Waals surface area contributed by atoms with Gasteiger partial charge in [0.1, 0.15) is 12.2 Å². The zero-order valence-electron chi connectivity index (χ0n) is 15.0. The molecule has 7 nitrogen and oxygen atoms in total. The standard InChI is InChI=1S/C19H22N2O5/c1-4-13-7-5-6-8-16(13)21-18(23)15-11-14(12(2)20-17(15)22)19(24)26-10-9-25-3/h5-8,11H,4,9-10H2,1-3H3,(H,20,22)(H,21,23). The Morgan fingerprint density at radius 3 is 2.58 bits per heavy atom.